The Labute approximate surface area is 240 Å². The monoisotopic (exact) mass is 635 g/mol. The number of carbonyl (C=O) groups excluding carboxylic acids is 2. The maximum atomic E-state index is 13.7. The minimum atomic E-state index is -1.10. The van der Waals surface area contributed by atoms with Crippen LogP contribution in [0.4, 0.5) is 13.6 Å². The van der Waals surface area contributed by atoms with Gasteiger partial charge in [-0.15, -0.1) is 0 Å². The molecule has 0 saturated carbocycles. The number of methoxy groups -OCH3 is 1. The van der Waals surface area contributed by atoms with Crippen LogP contribution in [0.25, 0.3) is 0 Å². The number of amides is 1. The summed E-state index contributed by atoms with van der Waals surface area (Å²) in [6.45, 7) is 2.57. The van der Waals surface area contributed by atoms with Gasteiger partial charge in [0.2, 0.25) is 17.5 Å². The Kier molecular flexibility index (Phi) is 8.57. The number of aromatic nitrogens is 1. The fourth-order valence-corrected chi connectivity index (χ4v) is 7.00. The SMILES string of the molecule is COC(=O)OC(C)Oc1c2n(ccc1=O)NC1COCCN1C2=O.Fc1ccc2c(c1F)C[Se]c1ccccc1C2. The molecule has 1 aromatic heterocycles. The van der Waals surface area contributed by atoms with Crippen LogP contribution in [0.2, 0.25) is 0 Å². The van der Waals surface area contributed by atoms with E-state index in [1.807, 2.05) is 12.1 Å². The molecule has 1 N–H and O–H groups in total. The van der Waals surface area contributed by atoms with Crippen molar-refractivity contribution in [3.63, 3.8) is 0 Å². The fourth-order valence-electron chi connectivity index (χ4n) is 4.66. The number of hydrogen-bond donors (Lipinski definition) is 1. The van der Waals surface area contributed by atoms with Crippen molar-refractivity contribution in [2.24, 2.45) is 0 Å². The van der Waals surface area contributed by atoms with Gasteiger partial charge in [-0.25, -0.2) is 4.79 Å². The normalized spacial score (nSPS) is 17.6. The molecular formula is C28H27F2N3O7Se. The zero-order chi connectivity index (χ0) is 29.1. The number of hydrogen-bond acceptors (Lipinski definition) is 8. The van der Waals surface area contributed by atoms with Gasteiger partial charge in [-0.2, -0.15) is 0 Å². The van der Waals surface area contributed by atoms with Crippen LogP contribution < -0.4 is 20.1 Å². The van der Waals surface area contributed by atoms with Crippen molar-refractivity contribution in [2.75, 3.05) is 32.3 Å². The van der Waals surface area contributed by atoms with Crippen LogP contribution in [0, 0.1) is 11.6 Å². The molecule has 1 saturated heterocycles. The number of benzene rings is 2. The summed E-state index contributed by atoms with van der Waals surface area (Å²) in [5.74, 6) is -1.95. The number of carbonyl (C=O) groups is 2. The molecule has 3 aromatic rings. The van der Waals surface area contributed by atoms with Crippen LogP contribution >= 0.6 is 0 Å². The van der Waals surface area contributed by atoms with E-state index in [0.29, 0.717) is 37.1 Å². The summed E-state index contributed by atoms with van der Waals surface area (Å²) < 4.78 is 49.5. The average Bonchev–Trinajstić information content (AvgIpc) is 3.17. The molecule has 6 rings (SSSR count). The molecule has 2 aromatic carbocycles. The van der Waals surface area contributed by atoms with Gasteiger partial charge in [-0.1, -0.05) is 0 Å². The molecule has 13 heteroatoms. The molecule has 0 bridgehead atoms. The molecule has 41 heavy (non-hydrogen) atoms. The van der Waals surface area contributed by atoms with E-state index in [-0.39, 0.29) is 38.5 Å². The number of ether oxygens (including phenoxy) is 4. The van der Waals surface area contributed by atoms with Crippen LogP contribution in [0.15, 0.2) is 53.5 Å². The maximum absolute atomic E-state index is 13.7. The molecular weight excluding hydrogens is 607 g/mol. The molecule has 216 valence electrons. The molecule has 3 aliphatic rings. The van der Waals surface area contributed by atoms with E-state index in [9.17, 15) is 23.2 Å². The first-order valence-electron chi connectivity index (χ1n) is 12.8. The van der Waals surface area contributed by atoms with Crippen molar-refractivity contribution in [2.45, 2.75) is 31.1 Å². The van der Waals surface area contributed by atoms with Gasteiger partial charge in [0.15, 0.2) is 5.69 Å². The quantitative estimate of drug-likeness (QED) is 0.265. The van der Waals surface area contributed by atoms with Crippen molar-refractivity contribution in [1.29, 1.82) is 0 Å². The van der Waals surface area contributed by atoms with E-state index in [4.69, 9.17) is 14.2 Å². The van der Waals surface area contributed by atoms with Gasteiger partial charge in [0.05, 0.1) is 20.3 Å². The zero-order valence-corrected chi connectivity index (χ0v) is 23.9. The average molecular weight is 634 g/mol. The molecule has 2 atom stereocenters. The van der Waals surface area contributed by atoms with Crippen LogP contribution in [-0.2, 0) is 26.0 Å². The number of morpholine rings is 1. The van der Waals surface area contributed by atoms with Crippen molar-refractivity contribution in [3.05, 3.63) is 92.9 Å². The van der Waals surface area contributed by atoms with Crippen LogP contribution in [0.3, 0.4) is 0 Å². The van der Waals surface area contributed by atoms with Gasteiger partial charge in [0, 0.05) is 25.7 Å². The molecule has 0 radical (unpaired) electrons. The molecule has 1 amide bonds. The van der Waals surface area contributed by atoms with Crippen LogP contribution in [0.5, 0.6) is 5.75 Å². The number of nitrogens with one attached hydrogen (secondary N) is 1. The molecule has 3 aliphatic heterocycles. The van der Waals surface area contributed by atoms with E-state index in [2.05, 4.69) is 22.3 Å². The third-order valence-electron chi connectivity index (χ3n) is 6.67. The van der Waals surface area contributed by atoms with E-state index in [1.54, 1.807) is 11.0 Å². The number of nitrogens with zero attached hydrogens (tertiary/aromatic N) is 2. The first-order chi connectivity index (χ1) is 19.8. The van der Waals surface area contributed by atoms with E-state index >= 15 is 0 Å². The van der Waals surface area contributed by atoms with Crippen molar-refractivity contribution in [3.8, 4) is 5.75 Å². The second kappa shape index (κ2) is 12.3. The summed E-state index contributed by atoms with van der Waals surface area (Å²) in [4.78, 5) is 37.6. The Morgan fingerprint density at radius 2 is 1.95 bits per heavy atom. The summed E-state index contributed by atoms with van der Waals surface area (Å²) in [5, 5.41) is 0.642. The second-order valence-electron chi connectivity index (χ2n) is 9.28. The summed E-state index contributed by atoms with van der Waals surface area (Å²) in [5.41, 5.74) is 5.36. The third kappa shape index (κ3) is 6.07. The second-order valence-corrected chi connectivity index (χ2v) is 11.4. The van der Waals surface area contributed by atoms with Gasteiger partial charge >= 0.3 is 111 Å². The molecule has 4 heterocycles. The number of rotatable bonds is 3. The Bertz CT molecular complexity index is 1530. The van der Waals surface area contributed by atoms with Crippen molar-refractivity contribution < 1.29 is 37.3 Å². The molecule has 2 unspecified atom stereocenters. The van der Waals surface area contributed by atoms with E-state index in [0.717, 1.165) is 12.7 Å². The topological polar surface area (TPSA) is 108 Å². The number of halogens is 2. The zero-order valence-electron chi connectivity index (χ0n) is 22.2. The third-order valence-corrected chi connectivity index (χ3v) is 9.06. The van der Waals surface area contributed by atoms with Crippen LogP contribution in [-0.4, -0.2) is 75.9 Å². The summed E-state index contributed by atoms with van der Waals surface area (Å²) in [6.07, 6.45) is -0.222. The molecule has 0 aliphatic carbocycles. The summed E-state index contributed by atoms with van der Waals surface area (Å²) >= 11 is 0.191. The summed E-state index contributed by atoms with van der Waals surface area (Å²) in [7, 11) is 1.15. The Hall–Kier alpha value is -3.93. The van der Waals surface area contributed by atoms with Gasteiger partial charge < -0.3 is 29.3 Å². The van der Waals surface area contributed by atoms with Crippen molar-refractivity contribution >= 4 is 31.5 Å². The van der Waals surface area contributed by atoms with Gasteiger partial charge in [-0.05, 0) is 0 Å². The fraction of sp³-hybridized carbons (Fsp3) is 0.321. The van der Waals surface area contributed by atoms with E-state index in [1.165, 1.54) is 40.0 Å². The standard InChI is InChI=1S/C14H10F2Se.C14H17N3O7/c15-12-6-5-9-7-10-3-1-2-4-13(10)17-8-11(9)14(12)16;1-8(24-14(20)21-2)23-12-9(18)3-4-17-11(12)13(19)16-5-6-22-7-10(16)15-17/h1-6H,7-8H2;3-4,8,10,15H,5-7H2,1-2H3. The predicted octanol–water partition coefficient (Wildman–Crippen LogP) is 2.11. The van der Waals surface area contributed by atoms with Gasteiger partial charge in [-0.3, -0.25) is 14.3 Å². The minimum absolute atomic E-state index is 0.0426. The molecule has 10 nitrogen and oxygen atoms in total. The predicted molar refractivity (Wildman–Crippen MR) is 144 cm³/mol. The number of pyridine rings is 1. The first kappa shape index (κ1) is 28.6. The molecule has 0 spiro atoms. The van der Waals surface area contributed by atoms with Gasteiger partial charge in [0.1, 0.15) is 6.17 Å². The summed E-state index contributed by atoms with van der Waals surface area (Å²) in [6, 6.07) is 12.4. The molecule has 1 fully saturated rings. The van der Waals surface area contributed by atoms with Gasteiger partial charge in [0.25, 0.3) is 5.91 Å². The Morgan fingerprint density at radius 1 is 1.15 bits per heavy atom. The Morgan fingerprint density at radius 3 is 2.76 bits per heavy atom. The number of fused-ring (bicyclic) bond motifs is 4. The Balaban J connectivity index is 0.000000174. The van der Waals surface area contributed by atoms with Crippen molar-refractivity contribution in [1.82, 2.24) is 9.58 Å². The van der Waals surface area contributed by atoms with Crippen LogP contribution in [0.1, 0.15) is 34.1 Å². The van der Waals surface area contributed by atoms with E-state index < -0.39 is 29.5 Å². The first-order valence-corrected chi connectivity index (χ1v) is 14.8.